The summed E-state index contributed by atoms with van der Waals surface area (Å²) in [4.78, 5) is 16.0. The predicted octanol–water partition coefficient (Wildman–Crippen LogP) is 1.91. The Morgan fingerprint density at radius 2 is 2.04 bits per heavy atom. The molecule has 2 rings (SSSR count). The molecular weight excluding hydrogens is 296 g/mol. The van der Waals surface area contributed by atoms with Crippen molar-refractivity contribution in [3.8, 4) is 11.6 Å². The zero-order chi connectivity index (χ0) is 16.7. The van der Waals surface area contributed by atoms with Crippen LogP contribution < -0.4 is 10.5 Å². The van der Waals surface area contributed by atoms with Gasteiger partial charge >= 0.3 is 5.97 Å². The second-order valence-electron chi connectivity index (χ2n) is 4.97. The summed E-state index contributed by atoms with van der Waals surface area (Å²) in [6, 6.07) is 10.2. The fourth-order valence-electron chi connectivity index (χ4n) is 2.01. The van der Waals surface area contributed by atoms with Gasteiger partial charge in [-0.2, -0.15) is 0 Å². The van der Waals surface area contributed by atoms with Gasteiger partial charge in [-0.3, -0.25) is 0 Å². The quantitative estimate of drug-likeness (QED) is 0.758. The minimum Gasteiger partial charge on any atom is -0.462 e. The van der Waals surface area contributed by atoms with Gasteiger partial charge in [0.2, 0.25) is 5.88 Å². The number of hydrogen-bond acceptors (Lipinski definition) is 6. The largest absolute Gasteiger partial charge is 0.462 e. The number of benzene rings is 1. The molecule has 0 bridgehead atoms. The third kappa shape index (κ3) is 4.77. The van der Waals surface area contributed by atoms with Gasteiger partial charge in [-0.15, -0.1) is 0 Å². The molecule has 1 heterocycles. The molecular formula is C17H20N2O4. The van der Waals surface area contributed by atoms with Crippen LogP contribution in [0.4, 0.5) is 0 Å². The predicted molar refractivity (Wildman–Crippen MR) is 85.5 cm³/mol. The second-order valence-corrected chi connectivity index (χ2v) is 4.97. The maximum atomic E-state index is 11.9. The fraction of sp³-hybridized carbons (Fsp3) is 0.294. The van der Waals surface area contributed by atoms with Crippen molar-refractivity contribution in [2.45, 2.75) is 19.4 Å². The number of aromatic nitrogens is 1. The van der Waals surface area contributed by atoms with Gasteiger partial charge in [-0.05, 0) is 43.2 Å². The molecule has 0 saturated carbocycles. The Bertz CT molecular complexity index is 643. The van der Waals surface area contributed by atoms with E-state index in [4.69, 9.17) is 20.3 Å². The Morgan fingerprint density at radius 1 is 1.30 bits per heavy atom. The van der Waals surface area contributed by atoms with Crippen molar-refractivity contribution in [3.05, 3.63) is 53.7 Å². The molecule has 1 aromatic carbocycles. The number of aliphatic hydroxyl groups excluding tert-OH is 1. The Labute approximate surface area is 134 Å². The second kappa shape index (κ2) is 8.26. The maximum Gasteiger partial charge on any atom is 0.343 e. The van der Waals surface area contributed by atoms with Crippen molar-refractivity contribution in [2.75, 3.05) is 13.2 Å². The van der Waals surface area contributed by atoms with E-state index in [2.05, 4.69) is 4.98 Å². The number of aliphatic hydroxyl groups is 1. The van der Waals surface area contributed by atoms with Crippen LogP contribution in [0.5, 0.6) is 11.6 Å². The fourth-order valence-corrected chi connectivity index (χ4v) is 2.01. The normalized spacial score (nSPS) is 11.8. The third-order valence-electron chi connectivity index (χ3n) is 3.14. The zero-order valence-corrected chi connectivity index (χ0v) is 12.9. The van der Waals surface area contributed by atoms with Gasteiger partial charge in [0.15, 0.2) is 0 Å². The maximum absolute atomic E-state index is 11.9. The van der Waals surface area contributed by atoms with Crippen LogP contribution in [-0.2, 0) is 11.2 Å². The Balaban J connectivity index is 2.12. The van der Waals surface area contributed by atoms with Crippen LogP contribution in [-0.4, -0.2) is 35.3 Å². The molecule has 3 N–H and O–H groups in total. The van der Waals surface area contributed by atoms with Crippen LogP contribution in [0.15, 0.2) is 42.6 Å². The van der Waals surface area contributed by atoms with E-state index in [0.717, 1.165) is 5.56 Å². The van der Waals surface area contributed by atoms with E-state index in [0.29, 0.717) is 12.2 Å². The standard InChI is InChI=1S/C17H20N2O4/c1-2-22-17(21)15-4-3-9-19-16(15)23-14-7-5-12(6-8-14)10-13(18)11-20/h3-9,13,20H,2,10-11,18H2,1H3. The molecule has 2 aromatic rings. The Morgan fingerprint density at radius 3 is 2.70 bits per heavy atom. The van der Waals surface area contributed by atoms with Gasteiger partial charge in [0.05, 0.1) is 13.2 Å². The number of rotatable bonds is 7. The van der Waals surface area contributed by atoms with E-state index >= 15 is 0 Å². The van der Waals surface area contributed by atoms with E-state index in [1.165, 1.54) is 0 Å². The summed E-state index contributed by atoms with van der Waals surface area (Å²) in [5, 5.41) is 8.97. The molecule has 0 aliphatic rings. The number of nitrogens with zero attached hydrogens (tertiary/aromatic N) is 1. The lowest BCUT2D eigenvalue weighted by Gasteiger charge is -2.11. The van der Waals surface area contributed by atoms with Crippen molar-refractivity contribution < 1.29 is 19.4 Å². The minimum atomic E-state index is -0.471. The number of pyridine rings is 1. The lowest BCUT2D eigenvalue weighted by Crippen LogP contribution is -2.26. The van der Waals surface area contributed by atoms with Crippen molar-refractivity contribution >= 4 is 5.97 Å². The molecule has 0 amide bonds. The summed E-state index contributed by atoms with van der Waals surface area (Å²) < 4.78 is 10.7. The molecule has 0 aliphatic carbocycles. The molecule has 0 spiro atoms. The summed E-state index contributed by atoms with van der Waals surface area (Å²) in [6.45, 7) is 1.96. The average Bonchev–Trinajstić information content (AvgIpc) is 2.57. The van der Waals surface area contributed by atoms with Crippen molar-refractivity contribution in [1.82, 2.24) is 4.98 Å². The van der Waals surface area contributed by atoms with Crippen LogP contribution in [0.1, 0.15) is 22.8 Å². The molecule has 0 saturated heterocycles. The van der Waals surface area contributed by atoms with Gasteiger partial charge in [-0.1, -0.05) is 12.1 Å². The van der Waals surface area contributed by atoms with Gasteiger partial charge < -0.3 is 20.3 Å². The molecule has 0 radical (unpaired) electrons. The number of ether oxygens (including phenoxy) is 2. The van der Waals surface area contributed by atoms with E-state index in [9.17, 15) is 4.79 Å². The summed E-state index contributed by atoms with van der Waals surface area (Å²) >= 11 is 0. The average molecular weight is 316 g/mol. The first-order valence-corrected chi connectivity index (χ1v) is 7.39. The lowest BCUT2D eigenvalue weighted by molar-refractivity contribution is 0.0522. The SMILES string of the molecule is CCOC(=O)c1cccnc1Oc1ccc(CC(N)CO)cc1. The molecule has 6 heteroatoms. The summed E-state index contributed by atoms with van der Waals surface area (Å²) in [6.07, 6.45) is 2.13. The highest BCUT2D eigenvalue weighted by atomic mass is 16.5. The van der Waals surface area contributed by atoms with Crippen molar-refractivity contribution in [2.24, 2.45) is 5.73 Å². The number of esters is 1. The summed E-state index contributed by atoms with van der Waals surface area (Å²) in [5.74, 6) is 0.280. The Hall–Kier alpha value is -2.44. The van der Waals surface area contributed by atoms with Crippen LogP contribution in [0.25, 0.3) is 0 Å². The molecule has 1 unspecified atom stereocenters. The highest BCUT2D eigenvalue weighted by molar-refractivity contribution is 5.91. The molecule has 1 atom stereocenters. The summed E-state index contributed by atoms with van der Waals surface area (Å²) in [7, 11) is 0. The lowest BCUT2D eigenvalue weighted by atomic mass is 10.1. The Kier molecular flexibility index (Phi) is 6.08. The highest BCUT2D eigenvalue weighted by Gasteiger charge is 2.15. The monoisotopic (exact) mass is 316 g/mol. The smallest absolute Gasteiger partial charge is 0.343 e. The number of carbonyl (C=O) groups excluding carboxylic acids is 1. The first kappa shape index (κ1) is 16.9. The van der Waals surface area contributed by atoms with E-state index < -0.39 is 5.97 Å². The van der Waals surface area contributed by atoms with Gasteiger partial charge in [0.1, 0.15) is 11.3 Å². The first-order valence-electron chi connectivity index (χ1n) is 7.39. The number of carbonyl (C=O) groups is 1. The van der Waals surface area contributed by atoms with Crippen LogP contribution in [0.3, 0.4) is 0 Å². The third-order valence-corrected chi connectivity index (χ3v) is 3.14. The first-order chi connectivity index (χ1) is 11.1. The van der Waals surface area contributed by atoms with Crippen molar-refractivity contribution in [1.29, 1.82) is 0 Å². The van der Waals surface area contributed by atoms with Crippen LogP contribution >= 0.6 is 0 Å². The molecule has 0 fully saturated rings. The van der Waals surface area contributed by atoms with Crippen molar-refractivity contribution in [3.63, 3.8) is 0 Å². The zero-order valence-electron chi connectivity index (χ0n) is 12.9. The number of nitrogens with two attached hydrogens (primary N) is 1. The van der Waals surface area contributed by atoms with Crippen LogP contribution in [0, 0.1) is 0 Å². The minimum absolute atomic E-state index is 0.0604. The molecule has 23 heavy (non-hydrogen) atoms. The number of hydrogen-bond donors (Lipinski definition) is 2. The van der Waals surface area contributed by atoms with E-state index in [1.807, 2.05) is 12.1 Å². The molecule has 6 nitrogen and oxygen atoms in total. The molecule has 1 aromatic heterocycles. The van der Waals surface area contributed by atoms with Gasteiger partial charge in [0.25, 0.3) is 0 Å². The van der Waals surface area contributed by atoms with Gasteiger partial charge in [0, 0.05) is 12.2 Å². The van der Waals surface area contributed by atoms with E-state index in [1.54, 1.807) is 37.4 Å². The molecule has 122 valence electrons. The van der Waals surface area contributed by atoms with Crippen LogP contribution in [0.2, 0.25) is 0 Å². The van der Waals surface area contributed by atoms with E-state index in [-0.39, 0.29) is 30.7 Å². The molecule has 0 aliphatic heterocycles. The van der Waals surface area contributed by atoms with Gasteiger partial charge in [-0.25, -0.2) is 9.78 Å². The highest BCUT2D eigenvalue weighted by Crippen LogP contribution is 2.24. The topological polar surface area (TPSA) is 94.7 Å². The summed E-state index contributed by atoms with van der Waals surface area (Å²) in [5.41, 5.74) is 6.98.